The zero-order chi connectivity index (χ0) is 15.4. The molecule has 0 aliphatic rings. The topological polar surface area (TPSA) is 90.5 Å². The van der Waals surface area contributed by atoms with Gasteiger partial charge in [0.2, 0.25) is 5.88 Å². The molecule has 21 heavy (non-hydrogen) atoms. The maximum absolute atomic E-state index is 11.7. The first-order valence-electron chi connectivity index (χ1n) is 6.06. The minimum Gasteiger partial charge on any atom is -0.465 e. The molecule has 0 aliphatic heterocycles. The number of ether oxygens (including phenoxy) is 3. The molecule has 1 aromatic heterocycles. The van der Waals surface area contributed by atoms with Crippen molar-refractivity contribution in [3.05, 3.63) is 41.1 Å². The van der Waals surface area contributed by atoms with Crippen molar-refractivity contribution in [1.29, 1.82) is 0 Å². The Labute approximate surface area is 120 Å². The van der Waals surface area contributed by atoms with E-state index < -0.39 is 11.9 Å². The second kappa shape index (κ2) is 6.08. The van der Waals surface area contributed by atoms with E-state index in [0.29, 0.717) is 17.0 Å². The van der Waals surface area contributed by atoms with E-state index in [1.807, 2.05) is 0 Å². The molecule has 0 atom stereocenters. The van der Waals surface area contributed by atoms with E-state index in [0.717, 1.165) is 0 Å². The largest absolute Gasteiger partial charge is 0.465 e. The van der Waals surface area contributed by atoms with Crippen LogP contribution >= 0.6 is 0 Å². The lowest BCUT2D eigenvalue weighted by molar-refractivity contribution is 0.0588. The molecule has 110 valence electrons. The van der Waals surface area contributed by atoms with E-state index in [1.54, 1.807) is 25.1 Å². The van der Waals surface area contributed by atoms with Crippen LogP contribution in [0.4, 0.5) is 0 Å². The monoisotopic (exact) mass is 290 g/mol. The van der Waals surface area contributed by atoms with Crippen molar-refractivity contribution in [3.63, 3.8) is 0 Å². The van der Waals surface area contributed by atoms with E-state index in [-0.39, 0.29) is 11.4 Å². The van der Waals surface area contributed by atoms with Gasteiger partial charge in [-0.05, 0) is 25.1 Å². The van der Waals surface area contributed by atoms with Crippen molar-refractivity contribution >= 4 is 11.9 Å². The first-order chi connectivity index (χ1) is 10.1. The molecule has 2 aromatic rings. The van der Waals surface area contributed by atoms with Crippen molar-refractivity contribution < 1.29 is 23.8 Å². The minimum absolute atomic E-state index is 0.154. The van der Waals surface area contributed by atoms with Gasteiger partial charge in [0.15, 0.2) is 0 Å². The predicted molar refractivity (Wildman–Crippen MR) is 72.5 cm³/mol. The Balaban J connectivity index is 2.31. The van der Waals surface area contributed by atoms with Crippen LogP contribution in [0.25, 0.3) is 0 Å². The average Bonchev–Trinajstić information content (AvgIpc) is 2.86. The second-order valence-electron chi connectivity index (χ2n) is 4.13. The molecule has 1 N–H and O–H groups in total. The zero-order valence-electron chi connectivity index (χ0n) is 11.8. The van der Waals surface area contributed by atoms with E-state index in [2.05, 4.69) is 19.7 Å². The molecule has 1 heterocycles. The van der Waals surface area contributed by atoms with Crippen LogP contribution in [-0.2, 0) is 9.47 Å². The number of nitrogens with one attached hydrogen (secondary N) is 1. The summed E-state index contributed by atoms with van der Waals surface area (Å²) in [5.74, 6) is -0.511. The molecule has 1 aromatic carbocycles. The number of methoxy groups -OCH3 is 2. The number of H-pyrrole nitrogens is 1. The summed E-state index contributed by atoms with van der Waals surface area (Å²) in [4.78, 5) is 23.2. The van der Waals surface area contributed by atoms with Gasteiger partial charge in [-0.2, -0.15) is 5.10 Å². The number of carbonyl (C=O) groups is 2. The standard InChI is InChI=1S/C14H14N2O5/c1-8-11(14(18)20-3)12(16-15-8)21-10-6-4-5-9(7-10)13(17)19-2/h4-7H,1-3H3,(H,15,16). The van der Waals surface area contributed by atoms with Crippen LogP contribution in [0.3, 0.4) is 0 Å². The Kier molecular flexibility index (Phi) is 4.22. The van der Waals surface area contributed by atoms with Crippen LogP contribution in [0.2, 0.25) is 0 Å². The van der Waals surface area contributed by atoms with Crippen LogP contribution in [0.1, 0.15) is 26.4 Å². The zero-order valence-corrected chi connectivity index (χ0v) is 11.8. The molecule has 0 spiro atoms. The molecule has 0 aliphatic carbocycles. The Morgan fingerprint density at radius 3 is 2.52 bits per heavy atom. The number of esters is 2. The molecule has 7 nitrogen and oxygen atoms in total. The number of benzene rings is 1. The molecule has 0 bridgehead atoms. The van der Waals surface area contributed by atoms with Gasteiger partial charge in [-0.3, -0.25) is 0 Å². The van der Waals surface area contributed by atoms with Crippen molar-refractivity contribution in [2.24, 2.45) is 0 Å². The van der Waals surface area contributed by atoms with Crippen LogP contribution in [0.5, 0.6) is 11.6 Å². The first-order valence-corrected chi connectivity index (χ1v) is 6.06. The fourth-order valence-electron chi connectivity index (χ4n) is 1.75. The van der Waals surface area contributed by atoms with E-state index in [1.165, 1.54) is 20.3 Å². The number of carbonyl (C=O) groups excluding carboxylic acids is 2. The maximum atomic E-state index is 11.7. The Morgan fingerprint density at radius 2 is 1.86 bits per heavy atom. The van der Waals surface area contributed by atoms with Crippen molar-refractivity contribution in [2.75, 3.05) is 14.2 Å². The first kappa shape index (κ1) is 14.6. The molecule has 7 heteroatoms. The lowest BCUT2D eigenvalue weighted by Crippen LogP contribution is -2.04. The lowest BCUT2D eigenvalue weighted by Gasteiger charge is -2.06. The number of aromatic amines is 1. The fraction of sp³-hybridized carbons (Fsp3) is 0.214. The van der Waals surface area contributed by atoms with E-state index in [4.69, 9.17) is 4.74 Å². The molecule has 0 unspecified atom stereocenters. The van der Waals surface area contributed by atoms with Crippen LogP contribution in [0.15, 0.2) is 24.3 Å². The molecule has 0 amide bonds. The van der Waals surface area contributed by atoms with Gasteiger partial charge in [-0.15, -0.1) is 0 Å². The van der Waals surface area contributed by atoms with Crippen molar-refractivity contribution in [3.8, 4) is 11.6 Å². The van der Waals surface area contributed by atoms with Gasteiger partial charge in [-0.1, -0.05) is 6.07 Å². The second-order valence-corrected chi connectivity index (χ2v) is 4.13. The third kappa shape index (κ3) is 3.02. The molecular formula is C14H14N2O5. The number of hydrogen-bond donors (Lipinski definition) is 1. The normalized spacial score (nSPS) is 10.0. The van der Waals surface area contributed by atoms with Gasteiger partial charge in [0.05, 0.1) is 25.5 Å². The summed E-state index contributed by atoms with van der Waals surface area (Å²) in [5, 5.41) is 6.52. The van der Waals surface area contributed by atoms with Crippen molar-refractivity contribution in [2.45, 2.75) is 6.92 Å². The summed E-state index contributed by atoms with van der Waals surface area (Å²) in [6, 6.07) is 6.38. The molecule has 0 fully saturated rings. The summed E-state index contributed by atoms with van der Waals surface area (Å²) in [7, 11) is 2.57. The average molecular weight is 290 g/mol. The van der Waals surface area contributed by atoms with E-state index in [9.17, 15) is 9.59 Å². The van der Waals surface area contributed by atoms with Gasteiger partial charge in [0.25, 0.3) is 0 Å². The summed E-state index contributed by atoms with van der Waals surface area (Å²) in [6.07, 6.45) is 0. The number of hydrogen-bond acceptors (Lipinski definition) is 6. The minimum atomic E-state index is -0.555. The Hall–Kier alpha value is -2.83. The number of rotatable bonds is 4. The predicted octanol–water partition coefficient (Wildman–Crippen LogP) is 2.08. The van der Waals surface area contributed by atoms with Crippen LogP contribution in [-0.4, -0.2) is 36.4 Å². The molecule has 0 radical (unpaired) electrons. The lowest BCUT2D eigenvalue weighted by atomic mass is 10.2. The summed E-state index contributed by atoms with van der Waals surface area (Å²) >= 11 is 0. The fourth-order valence-corrected chi connectivity index (χ4v) is 1.75. The quantitative estimate of drug-likeness (QED) is 0.867. The van der Waals surface area contributed by atoms with Gasteiger partial charge in [0.1, 0.15) is 11.3 Å². The third-order valence-corrected chi connectivity index (χ3v) is 2.78. The number of nitrogens with zero attached hydrogens (tertiary/aromatic N) is 1. The SMILES string of the molecule is COC(=O)c1cccc(Oc2[nH]nc(C)c2C(=O)OC)c1. The maximum Gasteiger partial charge on any atom is 0.345 e. The molecule has 0 saturated heterocycles. The highest BCUT2D eigenvalue weighted by Gasteiger charge is 2.20. The summed E-state index contributed by atoms with van der Waals surface area (Å²) < 4.78 is 14.9. The van der Waals surface area contributed by atoms with Crippen LogP contribution < -0.4 is 4.74 Å². The summed E-state index contributed by atoms with van der Waals surface area (Å²) in [6.45, 7) is 1.65. The van der Waals surface area contributed by atoms with Gasteiger partial charge in [-0.25, -0.2) is 14.7 Å². The number of aromatic nitrogens is 2. The smallest absolute Gasteiger partial charge is 0.345 e. The highest BCUT2D eigenvalue weighted by molar-refractivity contribution is 5.93. The highest BCUT2D eigenvalue weighted by Crippen LogP contribution is 2.26. The summed E-state index contributed by atoms with van der Waals surface area (Å²) in [5.41, 5.74) is 1.01. The highest BCUT2D eigenvalue weighted by atomic mass is 16.5. The van der Waals surface area contributed by atoms with Crippen molar-refractivity contribution in [1.82, 2.24) is 10.2 Å². The third-order valence-electron chi connectivity index (χ3n) is 2.78. The van der Waals surface area contributed by atoms with Gasteiger partial charge in [0, 0.05) is 0 Å². The molecule has 2 rings (SSSR count). The van der Waals surface area contributed by atoms with Gasteiger partial charge < -0.3 is 14.2 Å². The molecule has 0 saturated carbocycles. The molecular weight excluding hydrogens is 276 g/mol. The Morgan fingerprint density at radius 1 is 1.14 bits per heavy atom. The van der Waals surface area contributed by atoms with Crippen LogP contribution in [0, 0.1) is 6.92 Å². The number of aryl methyl sites for hydroxylation is 1. The van der Waals surface area contributed by atoms with E-state index >= 15 is 0 Å². The van der Waals surface area contributed by atoms with Gasteiger partial charge >= 0.3 is 11.9 Å². The Bertz CT molecular complexity index is 678.